The summed E-state index contributed by atoms with van der Waals surface area (Å²) in [6.07, 6.45) is 0. The monoisotopic (exact) mass is 218 g/mol. The first kappa shape index (κ1) is 9.83. The number of thiol groups is 2. The molecule has 0 saturated carbocycles. The molecular weight excluding hydrogens is 216 g/mol. The van der Waals surface area contributed by atoms with Gasteiger partial charge in [-0.2, -0.15) is 0 Å². The predicted octanol–water partition coefficient (Wildman–Crippen LogP) is 2.01. The van der Waals surface area contributed by atoms with Gasteiger partial charge in [0.2, 0.25) is 8.77 Å². The molecule has 0 radical (unpaired) electrons. The quantitative estimate of drug-likeness (QED) is 0.418. The smallest absolute Gasteiger partial charge is 0.296 e. The summed E-state index contributed by atoms with van der Waals surface area (Å²) in [6, 6.07) is 0. The fraction of sp³-hybridized carbons (Fsp3) is 0. The Bertz CT molecular complexity index is 108. The zero-order valence-corrected chi connectivity index (χ0v) is 8.17. The van der Waals surface area contributed by atoms with Gasteiger partial charge in [0.15, 0.2) is 0 Å². The van der Waals surface area contributed by atoms with Crippen molar-refractivity contribution in [2.75, 3.05) is 0 Å². The summed E-state index contributed by atoms with van der Waals surface area (Å²) < 4.78 is 9.19. The average molecular weight is 218 g/mol. The molecule has 0 rings (SSSR count). The highest BCUT2D eigenvalue weighted by atomic mass is 32.2. The summed E-state index contributed by atoms with van der Waals surface area (Å²) in [5.74, 6) is 0. The Hall–Kier alpha value is 0.830. The molecule has 0 fully saturated rings. The Kier molecular flexibility index (Phi) is 6.12. The van der Waals surface area contributed by atoms with E-state index in [0.29, 0.717) is 12.3 Å². The van der Waals surface area contributed by atoms with E-state index in [9.17, 15) is 0 Å². The molecule has 52 valence electrons. The molecule has 0 bridgehead atoms. The molecule has 0 aromatic heterocycles. The van der Waals surface area contributed by atoms with Gasteiger partial charge in [-0.05, 0) is 24.4 Å². The van der Waals surface area contributed by atoms with E-state index in [4.69, 9.17) is 0 Å². The number of hydrogen-bond acceptors (Lipinski definition) is 5. The lowest BCUT2D eigenvalue weighted by Crippen LogP contribution is -1.87. The molecule has 0 aliphatic rings. The van der Waals surface area contributed by atoms with E-state index < -0.39 is 0 Å². The van der Waals surface area contributed by atoms with Crippen LogP contribution in [-0.2, 0) is 8.37 Å². The lowest BCUT2D eigenvalue weighted by Gasteiger charge is -1.96. The minimum atomic E-state index is 0.0876. The van der Waals surface area contributed by atoms with Gasteiger partial charge in [0.05, 0.1) is 0 Å². The Balaban J connectivity index is 3.10. The molecule has 0 aliphatic heterocycles. The molecule has 2 nitrogen and oxygen atoms in total. The Labute approximate surface area is 78.9 Å². The molecule has 0 aromatic carbocycles. The molecule has 7 heteroatoms. The summed E-state index contributed by atoms with van der Waals surface area (Å²) in [7, 11) is 0. The largest absolute Gasteiger partial charge is 0.372 e. The highest BCUT2D eigenvalue weighted by molar-refractivity contribution is 8.13. The summed E-state index contributed by atoms with van der Waals surface area (Å²) in [5, 5.41) is 0. The standard InChI is InChI=1S/C2H2O2S5/c5-1(6)3-9-4-2(7)8/h(H,5,6)(H,7,8). The summed E-state index contributed by atoms with van der Waals surface area (Å²) >= 11 is 16.8. The van der Waals surface area contributed by atoms with Gasteiger partial charge in [-0.15, -0.1) is 0 Å². The Morgan fingerprint density at radius 2 is 1.44 bits per heavy atom. The average Bonchev–Trinajstić information content (AvgIpc) is 1.63. The maximum Gasteiger partial charge on any atom is 0.296 e. The van der Waals surface area contributed by atoms with Gasteiger partial charge >= 0.3 is 0 Å². The molecule has 0 saturated heterocycles. The van der Waals surface area contributed by atoms with Crippen LogP contribution < -0.4 is 0 Å². The maximum absolute atomic E-state index is 4.51. The first-order chi connectivity index (χ1) is 4.13. The molecule has 0 amide bonds. The summed E-state index contributed by atoms with van der Waals surface area (Å²) in [4.78, 5) is 0. The normalized spacial score (nSPS) is 8.22. The lowest BCUT2D eigenvalue weighted by molar-refractivity contribution is 0.565. The van der Waals surface area contributed by atoms with Crippen molar-refractivity contribution in [2.45, 2.75) is 0 Å². The van der Waals surface area contributed by atoms with Gasteiger partial charge in [-0.1, -0.05) is 25.3 Å². The van der Waals surface area contributed by atoms with Gasteiger partial charge in [0.25, 0.3) is 12.3 Å². The van der Waals surface area contributed by atoms with Gasteiger partial charge < -0.3 is 8.37 Å². The van der Waals surface area contributed by atoms with Crippen molar-refractivity contribution < 1.29 is 8.37 Å². The third-order valence-electron chi connectivity index (χ3n) is 0.211. The van der Waals surface area contributed by atoms with E-state index in [1.165, 1.54) is 0 Å². The Morgan fingerprint density at radius 3 is 1.67 bits per heavy atom. The third kappa shape index (κ3) is 8.83. The molecule has 0 heterocycles. The van der Waals surface area contributed by atoms with Crippen LogP contribution in [-0.4, -0.2) is 8.77 Å². The van der Waals surface area contributed by atoms with Crippen LogP contribution >= 0.6 is 62.0 Å². The number of rotatable bonds is 2. The molecular formula is C2H2O2S5. The van der Waals surface area contributed by atoms with Crippen molar-refractivity contribution in [3.63, 3.8) is 0 Å². The lowest BCUT2D eigenvalue weighted by atomic mass is 11.7. The number of thiocarbonyl (C=S) groups is 2. The first-order valence-electron chi connectivity index (χ1n) is 1.60. The zero-order valence-electron chi connectivity index (χ0n) is 3.94. The molecule has 0 spiro atoms. The van der Waals surface area contributed by atoms with Crippen LogP contribution in [0, 0.1) is 0 Å². The minimum Gasteiger partial charge on any atom is -0.372 e. The van der Waals surface area contributed by atoms with Crippen LogP contribution in [0.25, 0.3) is 0 Å². The fourth-order valence-corrected chi connectivity index (χ4v) is 0.575. The number of hydrogen-bond donors (Lipinski definition) is 2. The van der Waals surface area contributed by atoms with Gasteiger partial charge in [0, 0.05) is 0 Å². The molecule has 0 unspecified atom stereocenters. The van der Waals surface area contributed by atoms with Crippen LogP contribution in [0.15, 0.2) is 0 Å². The molecule has 0 N–H and O–H groups in total. The molecule has 0 aliphatic carbocycles. The van der Waals surface area contributed by atoms with E-state index in [0.717, 1.165) is 0 Å². The zero-order chi connectivity index (χ0) is 7.28. The van der Waals surface area contributed by atoms with E-state index >= 15 is 0 Å². The van der Waals surface area contributed by atoms with E-state index in [1.54, 1.807) is 0 Å². The van der Waals surface area contributed by atoms with E-state index in [1.807, 2.05) is 0 Å². The minimum absolute atomic E-state index is 0.0876. The maximum atomic E-state index is 4.51. The van der Waals surface area contributed by atoms with Crippen molar-refractivity contribution in [1.82, 2.24) is 0 Å². The summed E-state index contributed by atoms with van der Waals surface area (Å²) in [5.41, 5.74) is 0. The van der Waals surface area contributed by atoms with Crippen LogP contribution in [0.3, 0.4) is 0 Å². The second kappa shape index (κ2) is 5.60. The topological polar surface area (TPSA) is 18.5 Å². The molecule has 0 atom stereocenters. The molecule has 0 aromatic rings. The van der Waals surface area contributed by atoms with Gasteiger partial charge in [0.1, 0.15) is 0 Å². The fourth-order valence-electron chi connectivity index (χ4n) is 0.0752. The Morgan fingerprint density at radius 1 is 1.11 bits per heavy atom. The highest BCUT2D eigenvalue weighted by Crippen LogP contribution is 2.09. The van der Waals surface area contributed by atoms with Crippen molar-refractivity contribution in [1.29, 1.82) is 0 Å². The summed E-state index contributed by atoms with van der Waals surface area (Å²) in [6.45, 7) is 0. The second-order valence-corrected chi connectivity index (χ2v) is 3.40. The predicted molar refractivity (Wildman–Crippen MR) is 52.9 cm³/mol. The molecule has 9 heavy (non-hydrogen) atoms. The van der Waals surface area contributed by atoms with Crippen molar-refractivity contribution >= 4 is 70.8 Å². The highest BCUT2D eigenvalue weighted by Gasteiger charge is 1.93. The van der Waals surface area contributed by atoms with Crippen molar-refractivity contribution in [2.24, 2.45) is 0 Å². The van der Waals surface area contributed by atoms with Crippen molar-refractivity contribution in [3.05, 3.63) is 0 Å². The van der Waals surface area contributed by atoms with Crippen LogP contribution in [0.1, 0.15) is 0 Å². The van der Waals surface area contributed by atoms with Gasteiger partial charge in [-0.25, -0.2) is 0 Å². The third-order valence-corrected chi connectivity index (χ3v) is 1.49. The van der Waals surface area contributed by atoms with Crippen molar-refractivity contribution in [3.8, 4) is 0 Å². The van der Waals surface area contributed by atoms with Gasteiger partial charge in [-0.3, -0.25) is 0 Å². The SMILES string of the molecule is S=C(S)OSOC(=S)S. The second-order valence-electron chi connectivity index (χ2n) is 0.767. The van der Waals surface area contributed by atoms with Crippen LogP contribution in [0.4, 0.5) is 0 Å². The van der Waals surface area contributed by atoms with Crippen LogP contribution in [0.2, 0.25) is 0 Å². The van der Waals surface area contributed by atoms with E-state index in [2.05, 4.69) is 58.1 Å². The van der Waals surface area contributed by atoms with E-state index in [-0.39, 0.29) is 8.77 Å². The van der Waals surface area contributed by atoms with Crippen LogP contribution in [0.5, 0.6) is 0 Å². The first-order valence-corrected chi connectivity index (χ1v) is 3.97.